The fourth-order valence-corrected chi connectivity index (χ4v) is 2.38. The van der Waals surface area contributed by atoms with Crippen LogP contribution in [-0.2, 0) is 4.74 Å². The first kappa shape index (κ1) is 14.3. The molecule has 0 aliphatic carbocycles. The van der Waals surface area contributed by atoms with Crippen LogP contribution >= 0.6 is 11.6 Å². The predicted molar refractivity (Wildman–Crippen MR) is 76.0 cm³/mol. The molecular formula is C13H20ClN3O2. The fourth-order valence-electron chi connectivity index (χ4n) is 2.18. The predicted octanol–water partition coefficient (Wildman–Crippen LogP) is 2.46. The first-order chi connectivity index (χ1) is 9.09. The van der Waals surface area contributed by atoms with E-state index in [4.69, 9.17) is 16.3 Å². The summed E-state index contributed by atoms with van der Waals surface area (Å²) in [5, 5.41) is 7.48. The highest BCUT2D eigenvalue weighted by molar-refractivity contribution is 6.32. The first-order valence-electron chi connectivity index (χ1n) is 6.72. The molecule has 0 radical (unpaired) electrons. The van der Waals surface area contributed by atoms with Crippen LogP contribution in [0, 0.1) is 0 Å². The van der Waals surface area contributed by atoms with Crippen LogP contribution in [0.3, 0.4) is 0 Å². The van der Waals surface area contributed by atoms with Crippen molar-refractivity contribution in [3.8, 4) is 0 Å². The van der Waals surface area contributed by atoms with E-state index in [-0.39, 0.29) is 16.6 Å². The second kappa shape index (κ2) is 6.39. The molecule has 1 aliphatic rings. The molecule has 0 spiro atoms. The molecule has 106 valence electrons. The number of halogens is 1. The summed E-state index contributed by atoms with van der Waals surface area (Å²) in [5.41, 5.74) is 0.348. The topological polar surface area (TPSA) is 56.1 Å². The van der Waals surface area contributed by atoms with Crippen molar-refractivity contribution >= 4 is 17.3 Å². The summed E-state index contributed by atoms with van der Waals surface area (Å²) in [4.78, 5) is 12.0. The molecule has 1 aromatic heterocycles. The van der Waals surface area contributed by atoms with Gasteiger partial charge in [-0.15, -0.1) is 0 Å². The summed E-state index contributed by atoms with van der Waals surface area (Å²) in [6.07, 6.45) is 5.11. The van der Waals surface area contributed by atoms with E-state index in [2.05, 4.69) is 10.4 Å². The van der Waals surface area contributed by atoms with Gasteiger partial charge in [0.1, 0.15) is 5.02 Å². The molecule has 0 saturated carbocycles. The zero-order chi connectivity index (χ0) is 13.8. The third-order valence-corrected chi connectivity index (χ3v) is 3.60. The number of hydrogen-bond donors (Lipinski definition) is 1. The quantitative estimate of drug-likeness (QED) is 0.903. The van der Waals surface area contributed by atoms with Gasteiger partial charge < -0.3 is 10.1 Å². The minimum Gasteiger partial charge on any atom is -0.382 e. The van der Waals surface area contributed by atoms with Crippen molar-refractivity contribution < 1.29 is 4.74 Å². The highest BCUT2D eigenvalue weighted by Gasteiger charge is 2.15. The van der Waals surface area contributed by atoms with Crippen molar-refractivity contribution in [2.75, 3.05) is 18.5 Å². The number of nitrogens with one attached hydrogen (secondary N) is 1. The maximum atomic E-state index is 12.0. The van der Waals surface area contributed by atoms with Crippen LogP contribution in [-0.4, -0.2) is 29.0 Å². The van der Waals surface area contributed by atoms with Gasteiger partial charge in [0, 0.05) is 13.2 Å². The van der Waals surface area contributed by atoms with Gasteiger partial charge in [0.2, 0.25) is 0 Å². The Morgan fingerprint density at radius 3 is 3.05 bits per heavy atom. The summed E-state index contributed by atoms with van der Waals surface area (Å²) < 4.78 is 6.92. The number of rotatable bonds is 5. The first-order valence-corrected chi connectivity index (χ1v) is 7.10. The Morgan fingerprint density at radius 1 is 1.63 bits per heavy atom. The van der Waals surface area contributed by atoms with Crippen molar-refractivity contribution in [1.82, 2.24) is 9.78 Å². The number of hydrogen-bond acceptors (Lipinski definition) is 4. The second-order valence-electron chi connectivity index (χ2n) is 5.07. The van der Waals surface area contributed by atoms with Crippen molar-refractivity contribution in [2.24, 2.45) is 0 Å². The van der Waals surface area contributed by atoms with Gasteiger partial charge in [-0.2, -0.15) is 5.10 Å². The van der Waals surface area contributed by atoms with E-state index < -0.39 is 0 Å². The lowest BCUT2D eigenvalue weighted by Gasteiger charge is -2.13. The molecule has 19 heavy (non-hydrogen) atoms. The van der Waals surface area contributed by atoms with E-state index in [1.165, 1.54) is 4.68 Å². The van der Waals surface area contributed by atoms with Gasteiger partial charge in [0.25, 0.3) is 5.56 Å². The number of aromatic nitrogens is 2. The molecule has 1 fully saturated rings. The van der Waals surface area contributed by atoms with E-state index in [1.807, 2.05) is 13.8 Å². The van der Waals surface area contributed by atoms with Gasteiger partial charge in [-0.3, -0.25) is 4.79 Å². The largest absolute Gasteiger partial charge is 0.382 e. The Bertz CT molecular complexity index is 481. The van der Waals surface area contributed by atoms with Crippen LogP contribution in [0.5, 0.6) is 0 Å². The Hall–Kier alpha value is -1.07. The minimum atomic E-state index is -0.251. The zero-order valence-electron chi connectivity index (χ0n) is 11.4. The molecule has 1 saturated heterocycles. The van der Waals surface area contributed by atoms with E-state index in [0.29, 0.717) is 11.8 Å². The molecule has 1 unspecified atom stereocenters. The average molecular weight is 286 g/mol. The SMILES string of the molecule is CC(C)n1ncc(NCCC2CCCO2)c(Cl)c1=O. The van der Waals surface area contributed by atoms with Crippen molar-refractivity contribution in [3.63, 3.8) is 0 Å². The summed E-state index contributed by atoms with van der Waals surface area (Å²) >= 11 is 6.07. The van der Waals surface area contributed by atoms with Crippen LogP contribution in [0.2, 0.25) is 5.02 Å². The molecule has 0 aromatic carbocycles. The van der Waals surface area contributed by atoms with Crippen molar-refractivity contribution in [1.29, 1.82) is 0 Å². The lowest BCUT2D eigenvalue weighted by Crippen LogP contribution is -2.26. The zero-order valence-corrected chi connectivity index (χ0v) is 12.1. The number of anilines is 1. The van der Waals surface area contributed by atoms with E-state index in [9.17, 15) is 4.79 Å². The van der Waals surface area contributed by atoms with Gasteiger partial charge in [-0.25, -0.2) is 4.68 Å². The monoisotopic (exact) mass is 285 g/mol. The fraction of sp³-hybridized carbons (Fsp3) is 0.692. The molecule has 1 atom stereocenters. The lowest BCUT2D eigenvalue weighted by atomic mass is 10.2. The Balaban J connectivity index is 1.97. The van der Waals surface area contributed by atoms with Gasteiger partial charge in [0.05, 0.1) is 24.0 Å². The smallest absolute Gasteiger partial charge is 0.287 e. The van der Waals surface area contributed by atoms with E-state index in [1.54, 1.807) is 6.20 Å². The van der Waals surface area contributed by atoms with Crippen LogP contribution in [0.4, 0.5) is 5.69 Å². The minimum absolute atomic E-state index is 0.00550. The highest BCUT2D eigenvalue weighted by atomic mass is 35.5. The normalized spacial score (nSPS) is 19.1. The van der Waals surface area contributed by atoms with Gasteiger partial charge in [-0.05, 0) is 33.1 Å². The van der Waals surface area contributed by atoms with Crippen LogP contribution in [0.15, 0.2) is 11.0 Å². The van der Waals surface area contributed by atoms with Crippen molar-refractivity contribution in [3.05, 3.63) is 21.6 Å². The van der Waals surface area contributed by atoms with E-state index >= 15 is 0 Å². The Morgan fingerprint density at radius 2 is 2.42 bits per heavy atom. The van der Waals surface area contributed by atoms with Crippen LogP contribution in [0.1, 0.15) is 39.2 Å². The molecule has 2 heterocycles. The number of ether oxygens (including phenoxy) is 1. The molecule has 0 amide bonds. The third-order valence-electron chi connectivity index (χ3n) is 3.24. The second-order valence-corrected chi connectivity index (χ2v) is 5.44. The summed E-state index contributed by atoms with van der Waals surface area (Å²) in [6.45, 7) is 5.39. The summed E-state index contributed by atoms with van der Waals surface area (Å²) in [6, 6.07) is 0.00550. The summed E-state index contributed by atoms with van der Waals surface area (Å²) in [7, 11) is 0. The van der Waals surface area contributed by atoms with Crippen LogP contribution < -0.4 is 10.9 Å². The number of nitrogens with zero attached hydrogens (tertiary/aromatic N) is 2. The molecule has 1 N–H and O–H groups in total. The van der Waals surface area contributed by atoms with Crippen molar-refractivity contribution in [2.45, 2.75) is 45.3 Å². The maximum Gasteiger partial charge on any atom is 0.287 e. The van der Waals surface area contributed by atoms with Gasteiger partial charge in [0.15, 0.2) is 0 Å². The van der Waals surface area contributed by atoms with Gasteiger partial charge in [-0.1, -0.05) is 11.6 Å². The maximum absolute atomic E-state index is 12.0. The van der Waals surface area contributed by atoms with Crippen LogP contribution in [0.25, 0.3) is 0 Å². The molecule has 1 aliphatic heterocycles. The standard InChI is InChI=1S/C13H20ClN3O2/c1-9(2)17-13(18)12(14)11(8-16-17)15-6-5-10-4-3-7-19-10/h8-10,15H,3-7H2,1-2H3. The Kier molecular flexibility index (Phi) is 4.82. The molecule has 5 nitrogen and oxygen atoms in total. The molecule has 0 bridgehead atoms. The lowest BCUT2D eigenvalue weighted by molar-refractivity contribution is 0.107. The third kappa shape index (κ3) is 3.48. The molecule has 1 aromatic rings. The summed E-state index contributed by atoms with van der Waals surface area (Å²) in [5.74, 6) is 0. The highest BCUT2D eigenvalue weighted by Crippen LogP contribution is 2.18. The Labute approximate surface area is 117 Å². The average Bonchev–Trinajstić information content (AvgIpc) is 2.87. The molecular weight excluding hydrogens is 266 g/mol. The van der Waals surface area contributed by atoms with Gasteiger partial charge >= 0.3 is 0 Å². The molecule has 2 rings (SSSR count). The van der Waals surface area contributed by atoms with E-state index in [0.717, 1.165) is 32.4 Å². The molecule has 6 heteroatoms.